The van der Waals surface area contributed by atoms with E-state index in [1.54, 1.807) is 6.07 Å². The lowest BCUT2D eigenvalue weighted by atomic mass is 9.94. The lowest BCUT2D eigenvalue weighted by Crippen LogP contribution is -2.49. The summed E-state index contributed by atoms with van der Waals surface area (Å²) >= 11 is 0. The van der Waals surface area contributed by atoms with Crippen LogP contribution in [0.3, 0.4) is 0 Å². The first-order chi connectivity index (χ1) is 15.1. The van der Waals surface area contributed by atoms with E-state index in [1.807, 2.05) is 18.7 Å². The fourth-order valence-corrected chi connectivity index (χ4v) is 7.13. The van der Waals surface area contributed by atoms with Gasteiger partial charge in [0.2, 0.25) is 15.9 Å². The number of carbonyl (C=O) groups is 1. The molecule has 2 aromatic rings. The van der Waals surface area contributed by atoms with Crippen molar-refractivity contribution in [3.8, 4) is 0 Å². The molecule has 2 fully saturated rings. The second-order valence-electron chi connectivity index (χ2n) is 9.78. The predicted molar refractivity (Wildman–Crippen MR) is 122 cm³/mol. The maximum atomic E-state index is 13.2. The molecule has 176 valence electrons. The monoisotopic (exact) mass is 463 g/mol. The van der Waals surface area contributed by atoms with E-state index >= 15 is 0 Å². The number of nitrogens with zero attached hydrogens (tertiary/aromatic N) is 3. The van der Waals surface area contributed by atoms with Gasteiger partial charge in [-0.15, -0.1) is 0 Å². The van der Waals surface area contributed by atoms with Crippen LogP contribution in [0.4, 0.5) is 0 Å². The first-order valence-corrected chi connectivity index (χ1v) is 13.0. The van der Waals surface area contributed by atoms with E-state index in [1.165, 1.54) is 21.0 Å². The van der Waals surface area contributed by atoms with Gasteiger partial charge in [-0.05, 0) is 63.5 Å². The molecule has 1 aromatic carbocycles. The molecule has 2 aliphatic heterocycles. The van der Waals surface area contributed by atoms with E-state index in [-0.39, 0.29) is 35.0 Å². The highest BCUT2D eigenvalue weighted by molar-refractivity contribution is 7.89. The minimum Gasteiger partial charge on any atom is -0.408 e. The molecule has 0 radical (unpaired) electrons. The summed E-state index contributed by atoms with van der Waals surface area (Å²) in [6.45, 7) is 9.02. The normalized spacial score (nSPS) is 27.7. The molecule has 9 heteroatoms. The third kappa shape index (κ3) is 4.24. The number of fused-ring (bicyclic) bond motifs is 1. The number of amides is 1. The molecule has 0 N–H and O–H groups in total. The molecule has 1 amide bonds. The van der Waals surface area contributed by atoms with Crippen LogP contribution in [0.25, 0.3) is 11.1 Å². The van der Waals surface area contributed by atoms with Crippen molar-refractivity contribution >= 4 is 27.0 Å². The van der Waals surface area contributed by atoms with Gasteiger partial charge in [0.1, 0.15) is 6.54 Å². The van der Waals surface area contributed by atoms with Crippen molar-refractivity contribution in [2.24, 2.45) is 11.8 Å². The summed E-state index contributed by atoms with van der Waals surface area (Å²) in [5, 5.41) is 0. The lowest BCUT2D eigenvalue weighted by Gasteiger charge is -2.39. The van der Waals surface area contributed by atoms with Gasteiger partial charge in [0, 0.05) is 31.2 Å². The average Bonchev–Trinajstić information content (AvgIpc) is 3.01. The summed E-state index contributed by atoms with van der Waals surface area (Å²) in [6, 6.07) is 4.74. The Morgan fingerprint density at radius 3 is 2.31 bits per heavy atom. The number of hydrogen-bond acceptors (Lipinski definition) is 5. The first-order valence-electron chi connectivity index (χ1n) is 11.5. The van der Waals surface area contributed by atoms with Crippen molar-refractivity contribution in [1.82, 2.24) is 13.8 Å². The fourth-order valence-electron chi connectivity index (χ4n) is 5.44. The van der Waals surface area contributed by atoms with Gasteiger partial charge in [-0.2, -0.15) is 4.31 Å². The fraction of sp³-hybridized carbons (Fsp3) is 0.652. The molecule has 32 heavy (non-hydrogen) atoms. The summed E-state index contributed by atoms with van der Waals surface area (Å²) in [7, 11) is -3.69. The molecule has 3 heterocycles. The minimum absolute atomic E-state index is 0.108. The summed E-state index contributed by atoms with van der Waals surface area (Å²) in [6.07, 6.45) is 4.00. The lowest BCUT2D eigenvalue weighted by molar-refractivity contribution is -0.137. The Hall–Kier alpha value is -2.13. The number of piperidine rings is 2. The number of rotatable bonds is 4. The SMILES string of the molecule is C[C@@H]1C[C@@H](C)CN(S(=O)(=O)c2ccc3c(c2)oc(=O)n3CC(=O)N2[C@H](C)CCC[C@@H]2C)C1. The Balaban J connectivity index is 1.62. The molecule has 0 bridgehead atoms. The smallest absolute Gasteiger partial charge is 0.408 e. The van der Waals surface area contributed by atoms with Crippen molar-refractivity contribution in [3.63, 3.8) is 0 Å². The van der Waals surface area contributed by atoms with Gasteiger partial charge in [-0.25, -0.2) is 13.2 Å². The molecule has 4 rings (SSSR count). The summed E-state index contributed by atoms with van der Waals surface area (Å²) < 4.78 is 34.6. The molecular formula is C23H33N3O5S. The van der Waals surface area contributed by atoms with Crippen molar-refractivity contribution < 1.29 is 17.6 Å². The van der Waals surface area contributed by atoms with Gasteiger partial charge in [0.25, 0.3) is 0 Å². The van der Waals surface area contributed by atoms with Crippen LogP contribution >= 0.6 is 0 Å². The van der Waals surface area contributed by atoms with Crippen LogP contribution in [0, 0.1) is 11.8 Å². The molecular weight excluding hydrogens is 430 g/mol. The summed E-state index contributed by atoms with van der Waals surface area (Å²) in [5.41, 5.74) is 0.613. The number of aromatic nitrogens is 1. The van der Waals surface area contributed by atoms with E-state index in [4.69, 9.17) is 4.42 Å². The van der Waals surface area contributed by atoms with E-state index in [0.29, 0.717) is 30.4 Å². The number of carbonyl (C=O) groups excluding carboxylic acids is 1. The average molecular weight is 464 g/mol. The topological polar surface area (TPSA) is 92.8 Å². The van der Waals surface area contributed by atoms with Crippen molar-refractivity contribution in [3.05, 3.63) is 28.7 Å². The molecule has 4 atom stereocenters. The van der Waals surface area contributed by atoms with Crippen molar-refractivity contribution in [2.45, 2.75) is 76.9 Å². The van der Waals surface area contributed by atoms with E-state index in [9.17, 15) is 18.0 Å². The van der Waals surface area contributed by atoms with Crippen LogP contribution in [-0.4, -0.2) is 53.3 Å². The van der Waals surface area contributed by atoms with Gasteiger partial charge in [0.05, 0.1) is 10.4 Å². The zero-order valence-corrected chi connectivity index (χ0v) is 20.1. The van der Waals surface area contributed by atoms with Crippen LogP contribution < -0.4 is 5.76 Å². The Morgan fingerprint density at radius 2 is 1.69 bits per heavy atom. The second-order valence-corrected chi connectivity index (χ2v) is 11.7. The molecule has 0 unspecified atom stereocenters. The maximum Gasteiger partial charge on any atom is 0.420 e. The minimum atomic E-state index is -3.69. The molecule has 8 nitrogen and oxygen atoms in total. The number of oxazole rings is 1. The van der Waals surface area contributed by atoms with Gasteiger partial charge in [-0.1, -0.05) is 13.8 Å². The molecule has 1 aromatic heterocycles. The number of hydrogen-bond donors (Lipinski definition) is 0. The first kappa shape index (κ1) is 23.0. The summed E-state index contributed by atoms with van der Waals surface area (Å²) in [5.74, 6) is -0.188. The molecule has 0 aliphatic carbocycles. The summed E-state index contributed by atoms with van der Waals surface area (Å²) in [4.78, 5) is 27.5. The van der Waals surface area contributed by atoms with E-state index in [0.717, 1.165) is 25.7 Å². The second kappa shape index (κ2) is 8.67. The van der Waals surface area contributed by atoms with Gasteiger partial charge in [0.15, 0.2) is 5.58 Å². The largest absolute Gasteiger partial charge is 0.420 e. The van der Waals surface area contributed by atoms with Crippen molar-refractivity contribution in [2.75, 3.05) is 13.1 Å². The quantitative estimate of drug-likeness (QED) is 0.695. The van der Waals surface area contributed by atoms with Crippen LogP contribution in [0.15, 0.2) is 32.3 Å². The molecule has 2 aliphatic rings. The number of likely N-dealkylation sites (tertiary alicyclic amines) is 1. The zero-order chi connectivity index (χ0) is 23.2. The highest BCUT2D eigenvalue weighted by Crippen LogP contribution is 2.28. The van der Waals surface area contributed by atoms with Crippen LogP contribution in [-0.2, 0) is 21.4 Å². The highest BCUT2D eigenvalue weighted by atomic mass is 32.2. The third-order valence-electron chi connectivity index (χ3n) is 6.89. The van der Waals surface area contributed by atoms with Crippen LogP contribution in [0.5, 0.6) is 0 Å². The Bertz CT molecular complexity index is 1150. The van der Waals surface area contributed by atoms with Gasteiger partial charge < -0.3 is 9.32 Å². The Kier molecular flexibility index (Phi) is 6.24. The molecule has 2 saturated heterocycles. The van der Waals surface area contributed by atoms with Crippen LogP contribution in [0.1, 0.15) is 53.4 Å². The molecule has 0 spiro atoms. The van der Waals surface area contributed by atoms with Crippen LogP contribution in [0.2, 0.25) is 0 Å². The van der Waals surface area contributed by atoms with Crippen molar-refractivity contribution in [1.29, 1.82) is 0 Å². The molecule has 0 saturated carbocycles. The Labute approximate surface area is 189 Å². The maximum absolute atomic E-state index is 13.2. The Morgan fingerprint density at radius 1 is 1.06 bits per heavy atom. The number of benzene rings is 1. The predicted octanol–water partition coefficient (Wildman–Crippen LogP) is 3.05. The van der Waals surface area contributed by atoms with Gasteiger partial charge in [-0.3, -0.25) is 9.36 Å². The number of sulfonamides is 1. The highest BCUT2D eigenvalue weighted by Gasteiger charge is 2.33. The third-order valence-corrected chi connectivity index (χ3v) is 8.72. The van der Waals surface area contributed by atoms with E-state index < -0.39 is 15.8 Å². The standard InChI is InChI=1S/C23H33N3O5S/c1-15-10-16(2)13-24(12-15)32(29,30)19-8-9-20-21(11-19)31-23(28)25(20)14-22(27)26-17(3)6-5-7-18(26)4/h8-9,11,15-18H,5-7,10,12-14H2,1-4H3/t15-,16-,17-,18+/m1/s1. The van der Waals surface area contributed by atoms with E-state index in [2.05, 4.69) is 13.8 Å². The van der Waals surface area contributed by atoms with Gasteiger partial charge >= 0.3 is 5.76 Å². The zero-order valence-electron chi connectivity index (χ0n) is 19.3.